The Bertz CT molecular complexity index is 702. The van der Waals surface area contributed by atoms with Crippen LogP contribution >= 0.6 is 11.6 Å². The summed E-state index contributed by atoms with van der Waals surface area (Å²) in [5.41, 5.74) is 7.18. The third-order valence-corrected chi connectivity index (χ3v) is 3.04. The van der Waals surface area contributed by atoms with Crippen LogP contribution in [0.2, 0.25) is 5.02 Å². The quantitative estimate of drug-likeness (QED) is 0.891. The smallest absolute Gasteiger partial charge is 0.288 e. The Morgan fingerprint density at radius 2 is 2.10 bits per heavy atom. The van der Waals surface area contributed by atoms with Crippen molar-refractivity contribution >= 4 is 23.0 Å². The van der Waals surface area contributed by atoms with E-state index in [2.05, 4.69) is 10.4 Å². The number of benzene rings is 1. The lowest BCUT2D eigenvalue weighted by atomic mass is 10.2. The zero-order valence-electron chi connectivity index (χ0n) is 10.5. The first-order valence-electron chi connectivity index (χ1n) is 5.84. The van der Waals surface area contributed by atoms with Crippen LogP contribution in [-0.4, -0.2) is 9.78 Å². The van der Waals surface area contributed by atoms with Gasteiger partial charge in [-0.05, 0) is 17.7 Å². The summed E-state index contributed by atoms with van der Waals surface area (Å²) >= 11 is 5.98. The lowest BCUT2D eigenvalue weighted by molar-refractivity contribution is 0.660. The number of anilines is 2. The average Bonchev–Trinajstić information content (AvgIpc) is 2.48. The fourth-order valence-electron chi connectivity index (χ4n) is 1.61. The second-order valence-corrected chi connectivity index (χ2v) is 4.40. The van der Waals surface area contributed by atoms with Crippen molar-refractivity contribution in [1.82, 2.24) is 9.78 Å². The van der Waals surface area contributed by atoms with E-state index in [9.17, 15) is 4.79 Å². The molecule has 1 aromatic carbocycles. The van der Waals surface area contributed by atoms with Crippen LogP contribution < -0.4 is 16.6 Å². The molecule has 0 fully saturated rings. The van der Waals surface area contributed by atoms with E-state index < -0.39 is 5.56 Å². The highest BCUT2D eigenvalue weighted by atomic mass is 35.5. The van der Waals surface area contributed by atoms with Crippen LogP contribution in [0, 0.1) is 11.3 Å². The molecule has 102 valence electrons. The molecule has 0 aliphatic heterocycles. The molecule has 0 aliphatic rings. The van der Waals surface area contributed by atoms with E-state index >= 15 is 0 Å². The number of aromatic nitrogens is 2. The molecule has 6 nitrogen and oxygen atoms in total. The zero-order valence-corrected chi connectivity index (χ0v) is 11.3. The summed E-state index contributed by atoms with van der Waals surface area (Å²) in [6.07, 6.45) is 1.41. The van der Waals surface area contributed by atoms with Gasteiger partial charge in [0.05, 0.1) is 18.0 Å². The van der Waals surface area contributed by atoms with Gasteiger partial charge in [-0.2, -0.15) is 10.4 Å². The number of nitrogens with two attached hydrogens (primary N) is 1. The van der Waals surface area contributed by atoms with Gasteiger partial charge in [-0.3, -0.25) is 4.79 Å². The van der Waals surface area contributed by atoms with Gasteiger partial charge in [-0.25, -0.2) is 4.68 Å². The van der Waals surface area contributed by atoms with E-state index in [-0.39, 0.29) is 11.6 Å². The van der Waals surface area contributed by atoms with Gasteiger partial charge in [-0.15, -0.1) is 0 Å². The first kappa shape index (κ1) is 14.1. The topological polar surface area (TPSA) is 96.7 Å². The van der Waals surface area contributed by atoms with E-state index in [1.165, 1.54) is 6.20 Å². The fraction of sp³-hybridized carbons (Fsp3) is 0.154. The normalized spacial score (nSPS) is 10.1. The van der Waals surface area contributed by atoms with Crippen LogP contribution in [-0.2, 0) is 13.1 Å². The van der Waals surface area contributed by atoms with Crippen LogP contribution in [0.25, 0.3) is 0 Å². The molecular formula is C13H12ClN5O. The SMILES string of the molecule is N#CCn1ncc(Nc2ccc(CN)cc2)c(Cl)c1=O. The molecule has 0 spiro atoms. The van der Waals surface area contributed by atoms with Gasteiger partial charge >= 0.3 is 0 Å². The van der Waals surface area contributed by atoms with Crippen molar-refractivity contribution in [2.75, 3.05) is 5.32 Å². The molecule has 0 amide bonds. The predicted octanol–water partition coefficient (Wildman–Crippen LogP) is 1.62. The van der Waals surface area contributed by atoms with Crippen molar-refractivity contribution < 1.29 is 0 Å². The maximum atomic E-state index is 11.8. The highest BCUT2D eigenvalue weighted by Gasteiger charge is 2.09. The summed E-state index contributed by atoms with van der Waals surface area (Å²) in [4.78, 5) is 11.8. The van der Waals surface area contributed by atoms with Crippen molar-refractivity contribution in [3.8, 4) is 6.07 Å². The Hall–Kier alpha value is -2.36. The molecule has 2 rings (SSSR count). The van der Waals surface area contributed by atoms with Gasteiger partial charge in [0.1, 0.15) is 11.6 Å². The zero-order chi connectivity index (χ0) is 14.5. The largest absolute Gasteiger partial charge is 0.353 e. The fourth-order valence-corrected chi connectivity index (χ4v) is 1.81. The highest BCUT2D eigenvalue weighted by Crippen LogP contribution is 2.21. The van der Waals surface area contributed by atoms with Crippen LogP contribution in [0.15, 0.2) is 35.3 Å². The van der Waals surface area contributed by atoms with Gasteiger partial charge in [0.2, 0.25) is 0 Å². The Labute approximate surface area is 120 Å². The third-order valence-electron chi connectivity index (χ3n) is 2.67. The minimum atomic E-state index is -0.503. The molecule has 0 atom stereocenters. The summed E-state index contributed by atoms with van der Waals surface area (Å²) in [5, 5.41) is 15.4. The van der Waals surface area contributed by atoms with Crippen LogP contribution in [0.5, 0.6) is 0 Å². The number of nitrogens with zero attached hydrogens (tertiary/aromatic N) is 3. The number of rotatable bonds is 4. The monoisotopic (exact) mass is 289 g/mol. The summed E-state index contributed by atoms with van der Waals surface area (Å²) in [7, 11) is 0. The molecule has 0 unspecified atom stereocenters. The van der Waals surface area contributed by atoms with Crippen molar-refractivity contribution in [1.29, 1.82) is 5.26 Å². The third kappa shape index (κ3) is 2.96. The number of nitriles is 1. The Balaban J connectivity index is 2.27. The van der Waals surface area contributed by atoms with Gasteiger partial charge in [0.25, 0.3) is 5.56 Å². The summed E-state index contributed by atoms with van der Waals surface area (Å²) in [6, 6.07) is 9.26. The Morgan fingerprint density at radius 1 is 1.40 bits per heavy atom. The summed E-state index contributed by atoms with van der Waals surface area (Å²) in [6.45, 7) is 0.330. The van der Waals surface area contributed by atoms with Gasteiger partial charge in [0.15, 0.2) is 0 Å². The molecule has 0 saturated carbocycles. The van der Waals surface area contributed by atoms with Gasteiger partial charge < -0.3 is 11.1 Å². The van der Waals surface area contributed by atoms with Crippen LogP contribution in [0.4, 0.5) is 11.4 Å². The molecule has 0 saturated heterocycles. The summed E-state index contributed by atoms with van der Waals surface area (Å²) in [5.74, 6) is 0. The van der Waals surface area contributed by atoms with E-state index in [1.807, 2.05) is 30.3 Å². The number of halogens is 1. The predicted molar refractivity (Wildman–Crippen MR) is 76.7 cm³/mol. The molecule has 0 aliphatic carbocycles. The van der Waals surface area contributed by atoms with Gasteiger partial charge in [0, 0.05) is 12.2 Å². The van der Waals surface area contributed by atoms with Crippen molar-refractivity contribution in [3.05, 3.63) is 51.4 Å². The van der Waals surface area contributed by atoms with E-state index in [0.29, 0.717) is 12.2 Å². The van der Waals surface area contributed by atoms with E-state index in [4.69, 9.17) is 22.6 Å². The first-order valence-corrected chi connectivity index (χ1v) is 6.22. The highest BCUT2D eigenvalue weighted by molar-refractivity contribution is 6.33. The molecule has 3 N–H and O–H groups in total. The molecular weight excluding hydrogens is 278 g/mol. The maximum absolute atomic E-state index is 11.8. The first-order chi connectivity index (χ1) is 9.65. The van der Waals surface area contributed by atoms with Crippen molar-refractivity contribution in [3.63, 3.8) is 0 Å². The molecule has 1 aromatic heterocycles. The minimum absolute atomic E-state index is 0.00171. The summed E-state index contributed by atoms with van der Waals surface area (Å²) < 4.78 is 1.00. The standard InChI is InChI=1S/C13H12ClN5O/c14-12-11(8-17-19(6-5-15)13(12)20)18-10-3-1-9(7-16)2-4-10/h1-4,8,18H,6-7,16H2. The van der Waals surface area contributed by atoms with Crippen LogP contribution in [0.3, 0.4) is 0 Å². The minimum Gasteiger partial charge on any atom is -0.353 e. The maximum Gasteiger partial charge on any atom is 0.288 e. The van der Waals surface area contributed by atoms with Crippen LogP contribution in [0.1, 0.15) is 5.56 Å². The molecule has 0 radical (unpaired) electrons. The second-order valence-electron chi connectivity index (χ2n) is 4.02. The molecule has 7 heteroatoms. The van der Waals surface area contributed by atoms with Gasteiger partial charge in [-0.1, -0.05) is 23.7 Å². The number of hydrogen-bond acceptors (Lipinski definition) is 5. The Morgan fingerprint density at radius 3 is 2.70 bits per heavy atom. The number of hydrogen-bond donors (Lipinski definition) is 2. The lowest BCUT2D eigenvalue weighted by Crippen LogP contribution is -2.23. The van der Waals surface area contributed by atoms with Crippen molar-refractivity contribution in [2.24, 2.45) is 5.73 Å². The molecule has 2 aromatic rings. The second kappa shape index (κ2) is 6.19. The van der Waals surface area contributed by atoms with E-state index in [0.717, 1.165) is 15.9 Å². The van der Waals surface area contributed by atoms with Crippen molar-refractivity contribution in [2.45, 2.75) is 13.1 Å². The molecule has 20 heavy (non-hydrogen) atoms. The number of nitrogens with one attached hydrogen (secondary N) is 1. The molecule has 0 bridgehead atoms. The average molecular weight is 290 g/mol. The Kier molecular flexibility index (Phi) is 4.35. The lowest BCUT2D eigenvalue weighted by Gasteiger charge is -2.09. The van der Waals surface area contributed by atoms with E-state index in [1.54, 1.807) is 0 Å². The molecule has 1 heterocycles.